The molecule has 0 aliphatic heterocycles. The van der Waals surface area contributed by atoms with Gasteiger partial charge in [-0.2, -0.15) is 18.3 Å². The number of nitrogens with zero attached hydrogens (tertiary/aromatic N) is 4. The maximum absolute atomic E-state index is 13.6. The van der Waals surface area contributed by atoms with Crippen LogP contribution in [0.3, 0.4) is 0 Å². The molecule has 1 amide bonds. The van der Waals surface area contributed by atoms with E-state index in [9.17, 15) is 18.0 Å². The van der Waals surface area contributed by atoms with Crippen LogP contribution in [0.25, 0.3) is 16.9 Å². The van der Waals surface area contributed by atoms with E-state index < -0.39 is 17.6 Å². The Kier molecular flexibility index (Phi) is 5.20. The maximum atomic E-state index is 13.6. The number of carbonyl (C=O) groups is 1. The molecule has 0 atom stereocenters. The third kappa shape index (κ3) is 3.93. The van der Waals surface area contributed by atoms with Gasteiger partial charge < -0.3 is 5.32 Å². The van der Waals surface area contributed by atoms with Crippen LogP contribution < -0.4 is 5.32 Å². The number of imidazole rings is 1. The van der Waals surface area contributed by atoms with Crippen LogP contribution in [0.4, 0.5) is 18.9 Å². The molecule has 0 saturated carbocycles. The number of halogens is 3. The lowest BCUT2D eigenvalue weighted by atomic mass is 10.0. The molecule has 4 aromatic rings. The van der Waals surface area contributed by atoms with E-state index in [4.69, 9.17) is 0 Å². The molecule has 3 aromatic heterocycles. The summed E-state index contributed by atoms with van der Waals surface area (Å²) < 4.78 is 42.0. The first-order chi connectivity index (χ1) is 15.0. The summed E-state index contributed by atoms with van der Waals surface area (Å²) >= 11 is 0. The molecule has 3 heterocycles. The number of aromatic nitrogens is 4. The number of nitrogens with one attached hydrogen (secondary N) is 1. The van der Waals surface area contributed by atoms with Gasteiger partial charge in [-0.05, 0) is 57.5 Å². The second kappa shape index (κ2) is 7.74. The first-order valence-corrected chi connectivity index (χ1v) is 9.85. The van der Waals surface area contributed by atoms with Crippen molar-refractivity contribution in [1.82, 2.24) is 19.6 Å². The summed E-state index contributed by atoms with van der Waals surface area (Å²) in [5, 5.41) is 7.19. The monoisotopic (exact) mass is 439 g/mol. The molecule has 0 unspecified atom stereocenters. The van der Waals surface area contributed by atoms with Gasteiger partial charge in [0, 0.05) is 22.6 Å². The van der Waals surface area contributed by atoms with Crippen LogP contribution in [0.1, 0.15) is 38.7 Å². The van der Waals surface area contributed by atoms with Crippen LogP contribution >= 0.6 is 0 Å². The lowest BCUT2D eigenvalue weighted by Crippen LogP contribution is -2.17. The molecule has 0 saturated heterocycles. The van der Waals surface area contributed by atoms with Crippen LogP contribution in [0.2, 0.25) is 0 Å². The highest BCUT2D eigenvalue weighted by Gasteiger charge is 2.34. The molecule has 0 fully saturated rings. The third-order valence-corrected chi connectivity index (χ3v) is 5.01. The summed E-state index contributed by atoms with van der Waals surface area (Å²) in [5.41, 5.74) is 2.87. The maximum Gasteiger partial charge on any atom is 0.417 e. The predicted octanol–water partition coefficient (Wildman–Crippen LogP) is 5.30. The molecule has 6 nitrogen and oxygen atoms in total. The predicted molar refractivity (Wildman–Crippen MR) is 115 cm³/mol. The van der Waals surface area contributed by atoms with Gasteiger partial charge in [-0.1, -0.05) is 18.2 Å². The quantitative estimate of drug-likeness (QED) is 0.470. The molecule has 9 heteroatoms. The van der Waals surface area contributed by atoms with Crippen molar-refractivity contribution < 1.29 is 18.0 Å². The van der Waals surface area contributed by atoms with E-state index in [2.05, 4.69) is 20.4 Å². The Morgan fingerprint density at radius 1 is 0.969 bits per heavy atom. The first kappa shape index (κ1) is 21.5. The first-order valence-electron chi connectivity index (χ1n) is 9.85. The highest BCUT2D eigenvalue weighted by atomic mass is 19.4. The number of hydrogen-bond acceptors (Lipinski definition) is 4. The van der Waals surface area contributed by atoms with Gasteiger partial charge in [-0.25, -0.2) is 9.50 Å². The number of pyridine rings is 1. The number of alkyl halides is 3. The number of aryl methyl sites for hydroxylation is 4. The van der Waals surface area contributed by atoms with Gasteiger partial charge in [-0.3, -0.25) is 9.78 Å². The van der Waals surface area contributed by atoms with Crippen molar-refractivity contribution >= 4 is 17.2 Å². The highest BCUT2D eigenvalue weighted by Crippen LogP contribution is 2.36. The number of benzene rings is 1. The summed E-state index contributed by atoms with van der Waals surface area (Å²) in [7, 11) is 0. The van der Waals surface area contributed by atoms with Crippen molar-refractivity contribution in [1.29, 1.82) is 0 Å². The average Bonchev–Trinajstić information content (AvgIpc) is 3.03. The number of hydrogen-bond donors (Lipinski definition) is 1. The largest absolute Gasteiger partial charge is 0.417 e. The summed E-state index contributed by atoms with van der Waals surface area (Å²) in [4.78, 5) is 21.8. The van der Waals surface area contributed by atoms with Crippen LogP contribution in [0.15, 0.2) is 42.5 Å². The van der Waals surface area contributed by atoms with Crippen molar-refractivity contribution in [2.45, 2.75) is 33.9 Å². The van der Waals surface area contributed by atoms with Crippen molar-refractivity contribution in [3.8, 4) is 11.3 Å². The fraction of sp³-hybridized carbons (Fsp3) is 0.217. The van der Waals surface area contributed by atoms with E-state index in [0.29, 0.717) is 22.6 Å². The molecule has 0 aliphatic rings. The van der Waals surface area contributed by atoms with E-state index >= 15 is 0 Å². The summed E-state index contributed by atoms with van der Waals surface area (Å²) in [5.74, 6) is -0.465. The van der Waals surface area contributed by atoms with Crippen LogP contribution in [0.5, 0.6) is 0 Å². The number of carbonyl (C=O) groups excluding carboxylic acids is 1. The van der Waals surface area contributed by atoms with E-state index in [1.807, 2.05) is 13.8 Å². The van der Waals surface area contributed by atoms with Gasteiger partial charge in [0.15, 0.2) is 11.3 Å². The topological polar surface area (TPSA) is 72.2 Å². The van der Waals surface area contributed by atoms with Crippen molar-refractivity contribution in [2.24, 2.45) is 0 Å². The molecule has 0 spiro atoms. The molecule has 32 heavy (non-hydrogen) atoms. The van der Waals surface area contributed by atoms with Crippen molar-refractivity contribution in [3.05, 3.63) is 76.4 Å². The van der Waals surface area contributed by atoms with E-state index in [1.54, 1.807) is 32.0 Å². The molecule has 1 N–H and O–H groups in total. The van der Waals surface area contributed by atoms with Gasteiger partial charge >= 0.3 is 6.18 Å². The van der Waals surface area contributed by atoms with Gasteiger partial charge in [0.25, 0.3) is 5.91 Å². The Hall–Kier alpha value is -3.75. The Morgan fingerprint density at radius 2 is 1.62 bits per heavy atom. The number of fused-ring (bicyclic) bond motifs is 1. The Balaban J connectivity index is 1.85. The zero-order valence-electron chi connectivity index (χ0n) is 17.9. The molecule has 0 radical (unpaired) electrons. The lowest BCUT2D eigenvalue weighted by molar-refractivity contribution is -0.137. The second-order valence-electron chi connectivity index (χ2n) is 7.63. The smallest absolute Gasteiger partial charge is 0.320 e. The Bertz CT molecular complexity index is 1340. The SMILES string of the molecule is Cc1cc(NC(=O)c2c(C)nc3c(C)cc(-c4ccccc4C(F)(F)F)nn23)cc(C)n1. The highest BCUT2D eigenvalue weighted by molar-refractivity contribution is 6.04. The standard InChI is InChI=1S/C23H20F3N5O/c1-12-9-19(17-7-5-6-8-18(17)23(24,25)26)30-31-20(15(4)28-21(12)31)22(32)29-16-10-13(2)27-14(3)11-16/h5-11H,1-4H3,(H,27,29,32). The number of amides is 1. The molecule has 1 aromatic carbocycles. The Labute approximate surface area is 182 Å². The minimum absolute atomic E-state index is 0.0666. The summed E-state index contributed by atoms with van der Waals surface area (Å²) in [6.45, 7) is 7.02. The molecule has 4 rings (SSSR count). The van der Waals surface area contributed by atoms with Crippen LogP contribution in [-0.2, 0) is 6.18 Å². The van der Waals surface area contributed by atoms with Crippen molar-refractivity contribution in [3.63, 3.8) is 0 Å². The van der Waals surface area contributed by atoms with Crippen LogP contribution in [-0.4, -0.2) is 25.5 Å². The summed E-state index contributed by atoms with van der Waals surface area (Å²) in [6, 6.07) is 10.2. The molecular weight excluding hydrogens is 419 g/mol. The zero-order valence-corrected chi connectivity index (χ0v) is 17.9. The third-order valence-electron chi connectivity index (χ3n) is 5.01. The van der Waals surface area contributed by atoms with Gasteiger partial charge in [0.1, 0.15) is 0 Å². The number of anilines is 1. The molecule has 164 valence electrons. The van der Waals surface area contributed by atoms with Crippen LogP contribution in [0, 0.1) is 27.7 Å². The molecular formula is C23H20F3N5O. The van der Waals surface area contributed by atoms with Gasteiger partial charge in [0.2, 0.25) is 0 Å². The minimum atomic E-state index is -4.54. The average molecular weight is 439 g/mol. The van der Waals surface area contributed by atoms with E-state index in [1.165, 1.54) is 22.7 Å². The fourth-order valence-corrected chi connectivity index (χ4v) is 3.72. The zero-order chi connectivity index (χ0) is 23.2. The Morgan fingerprint density at radius 3 is 2.28 bits per heavy atom. The van der Waals surface area contributed by atoms with E-state index in [0.717, 1.165) is 17.5 Å². The fourth-order valence-electron chi connectivity index (χ4n) is 3.72. The van der Waals surface area contributed by atoms with Crippen molar-refractivity contribution in [2.75, 3.05) is 5.32 Å². The molecule has 0 bridgehead atoms. The molecule has 0 aliphatic carbocycles. The van der Waals surface area contributed by atoms with Gasteiger partial charge in [-0.15, -0.1) is 0 Å². The summed E-state index contributed by atoms with van der Waals surface area (Å²) in [6.07, 6.45) is -4.54. The lowest BCUT2D eigenvalue weighted by Gasteiger charge is -2.13. The van der Waals surface area contributed by atoms with E-state index in [-0.39, 0.29) is 17.0 Å². The minimum Gasteiger partial charge on any atom is -0.320 e. The van der Waals surface area contributed by atoms with Gasteiger partial charge in [0.05, 0.1) is 17.0 Å². The normalized spacial score (nSPS) is 11.7. The number of rotatable bonds is 3. The second-order valence-corrected chi connectivity index (χ2v) is 7.63.